The number of hydrogen-bond acceptors (Lipinski definition) is 7. The number of hydrogen-bond donors (Lipinski definition) is 1. The molecule has 1 aromatic heterocycles. The Morgan fingerprint density at radius 3 is 2.29 bits per heavy atom. The van der Waals surface area contributed by atoms with Gasteiger partial charge in [-0.2, -0.15) is 4.98 Å². The number of para-hydroxylation sites is 1. The largest absolute Gasteiger partial charge is 0.368 e. The van der Waals surface area contributed by atoms with Gasteiger partial charge in [-0.1, -0.05) is 29.3 Å². The number of nitrogens with zero attached hydrogens (tertiary/aromatic N) is 6. The average molecular weight is 510 g/mol. The fraction of sp³-hybridized carbons (Fsp3) is 0.385. The Bertz CT molecular complexity index is 1200. The Balaban J connectivity index is 1.16. The van der Waals surface area contributed by atoms with Crippen LogP contribution in [-0.4, -0.2) is 60.8 Å². The Hall–Kier alpha value is -2.74. The molecule has 1 N–H and O–H groups in total. The van der Waals surface area contributed by atoms with E-state index in [-0.39, 0.29) is 0 Å². The molecule has 0 saturated carbocycles. The molecular weight excluding hydrogens is 481 g/mol. The lowest BCUT2D eigenvalue weighted by molar-refractivity contribution is 0.212. The van der Waals surface area contributed by atoms with Crippen molar-refractivity contribution in [2.45, 2.75) is 31.5 Å². The van der Waals surface area contributed by atoms with Crippen molar-refractivity contribution in [2.75, 3.05) is 53.9 Å². The second kappa shape index (κ2) is 9.04. The predicted molar refractivity (Wildman–Crippen MR) is 144 cm³/mol. The van der Waals surface area contributed by atoms with Gasteiger partial charge in [-0.25, -0.2) is 4.98 Å². The molecule has 3 aliphatic heterocycles. The van der Waals surface area contributed by atoms with Gasteiger partial charge in [0.2, 0.25) is 5.95 Å². The molecule has 0 amide bonds. The van der Waals surface area contributed by atoms with Crippen LogP contribution in [0.5, 0.6) is 0 Å². The first-order chi connectivity index (χ1) is 17.0. The number of aromatic nitrogens is 2. The summed E-state index contributed by atoms with van der Waals surface area (Å²) >= 11 is 12.9. The van der Waals surface area contributed by atoms with Crippen LogP contribution in [0.2, 0.25) is 10.0 Å². The van der Waals surface area contributed by atoms with Gasteiger partial charge >= 0.3 is 0 Å². The van der Waals surface area contributed by atoms with E-state index in [1.165, 1.54) is 18.5 Å². The molecule has 9 heteroatoms. The fourth-order valence-corrected chi connectivity index (χ4v) is 6.27. The lowest BCUT2D eigenvalue weighted by Gasteiger charge is -2.40. The summed E-state index contributed by atoms with van der Waals surface area (Å²) in [6.45, 7) is 3.49. The van der Waals surface area contributed by atoms with Gasteiger partial charge < -0.3 is 20.0 Å². The van der Waals surface area contributed by atoms with Crippen molar-refractivity contribution in [3.63, 3.8) is 0 Å². The van der Waals surface area contributed by atoms with Crippen LogP contribution >= 0.6 is 23.2 Å². The fourth-order valence-electron chi connectivity index (χ4n) is 5.63. The summed E-state index contributed by atoms with van der Waals surface area (Å²) in [4.78, 5) is 18.7. The summed E-state index contributed by atoms with van der Waals surface area (Å²) in [5.74, 6) is 1.50. The SMILES string of the molecule is CN1CN(c2c(Cl)cccc2Cl)Cc2cnc(Nc3ccc(N4CC5CCC(C4)N5C)cc3)nc21. The Morgan fingerprint density at radius 1 is 0.914 bits per heavy atom. The number of piperazine rings is 1. The van der Waals surface area contributed by atoms with E-state index in [9.17, 15) is 0 Å². The van der Waals surface area contributed by atoms with Crippen LogP contribution in [0.15, 0.2) is 48.7 Å². The summed E-state index contributed by atoms with van der Waals surface area (Å²) < 4.78 is 0. The predicted octanol–water partition coefficient (Wildman–Crippen LogP) is 5.22. The van der Waals surface area contributed by atoms with Gasteiger partial charge in [-0.3, -0.25) is 4.90 Å². The molecule has 3 aromatic rings. The van der Waals surface area contributed by atoms with Crippen LogP contribution in [-0.2, 0) is 6.54 Å². The zero-order valence-corrected chi connectivity index (χ0v) is 21.5. The molecule has 4 heterocycles. The van der Waals surface area contributed by atoms with E-state index in [0.29, 0.717) is 41.3 Å². The van der Waals surface area contributed by atoms with E-state index in [1.807, 2.05) is 31.4 Å². The van der Waals surface area contributed by atoms with E-state index in [0.717, 1.165) is 35.8 Å². The van der Waals surface area contributed by atoms with E-state index in [2.05, 4.69) is 61.2 Å². The zero-order chi connectivity index (χ0) is 24.1. The van der Waals surface area contributed by atoms with E-state index in [1.54, 1.807) is 0 Å². The van der Waals surface area contributed by atoms with Crippen molar-refractivity contribution < 1.29 is 0 Å². The van der Waals surface area contributed by atoms with Gasteiger partial charge in [0.05, 0.1) is 22.4 Å². The molecule has 2 fully saturated rings. The minimum Gasteiger partial charge on any atom is -0.368 e. The third kappa shape index (κ3) is 4.26. The number of anilines is 5. The molecular formula is C26H29Cl2N7. The normalized spacial score (nSPS) is 21.9. The number of halogens is 2. The smallest absolute Gasteiger partial charge is 0.229 e. The second-order valence-corrected chi connectivity index (χ2v) is 10.6. The van der Waals surface area contributed by atoms with Crippen molar-refractivity contribution in [1.29, 1.82) is 0 Å². The minimum absolute atomic E-state index is 0.588. The molecule has 2 atom stereocenters. The second-order valence-electron chi connectivity index (χ2n) is 9.78. The molecule has 35 heavy (non-hydrogen) atoms. The van der Waals surface area contributed by atoms with Gasteiger partial charge in [0, 0.05) is 61.9 Å². The molecule has 0 aliphatic carbocycles. The lowest BCUT2D eigenvalue weighted by atomic mass is 10.1. The molecule has 0 spiro atoms. The quantitative estimate of drug-likeness (QED) is 0.516. The van der Waals surface area contributed by atoms with Gasteiger partial charge in [0.15, 0.2) is 0 Å². The van der Waals surface area contributed by atoms with Crippen molar-refractivity contribution in [3.8, 4) is 0 Å². The maximum absolute atomic E-state index is 6.45. The zero-order valence-electron chi connectivity index (χ0n) is 20.0. The first kappa shape index (κ1) is 22.7. The first-order valence-corrected chi connectivity index (χ1v) is 12.8. The standard InChI is InChI=1S/C26H29Cl2N7/c1-32-16-35(24-22(27)4-3-5-23(24)28)13-17-12-29-26(31-25(17)32)30-18-6-8-19(9-7-18)34-14-20-10-11-21(15-34)33(20)2/h3-9,12,20-21H,10-11,13-16H2,1-2H3,(H,29,30,31). The maximum Gasteiger partial charge on any atom is 0.229 e. The summed E-state index contributed by atoms with van der Waals surface area (Å²) in [6.07, 6.45) is 4.50. The highest BCUT2D eigenvalue weighted by Gasteiger charge is 2.37. The molecule has 0 radical (unpaired) electrons. The first-order valence-electron chi connectivity index (χ1n) is 12.1. The summed E-state index contributed by atoms with van der Waals surface area (Å²) in [5.41, 5.74) is 4.13. The van der Waals surface area contributed by atoms with E-state index >= 15 is 0 Å². The number of likely N-dealkylation sites (N-methyl/N-ethyl adjacent to an activating group) is 1. The number of nitrogens with one attached hydrogen (secondary N) is 1. The summed E-state index contributed by atoms with van der Waals surface area (Å²) in [7, 11) is 4.29. The Kier molecular flexibility index (Phi) is 5.87. The summed E-state index contributed by atoms with van der Waals surface area (Å²) in [6, 6.07) is 15.6. The third-order valence-corrected chi connectivity index (χ3v) is 8.15. The van der Waals surface area contributed by atoms with Crippen LogP contribution in [0, 0.1) is 0 Å². The monoisotopic (exact) mass is 509 g/mol. The van der Waals surface area contributed by atoms with Crippen molar-refractivity contribution in [2.24, 2.45) is 0 Å². The van der Waals surface area contributed by atoms with Gasteiger partial charge in [0.1, 0.15) is 5.82 Å². The molecule has 2 unspecified atom stereocenters. The van der Waals surface area contributed by atoms with Crippen LogP contribution < -0.4 is 20.0 Å². The number of fused-ring (bicyclic) bond motifs is 3. The number of benzene rings is 2. The van der Waals surface area contributed by atoms with Crippen molar-refractivity contribution >= 4 is 52.0 Å². The maximum atomic E-state index is 6.45. The van der Waals surface area contributed by atoms with Crippen LogP contribution in [0.1, 0.15) is 18.4 Å². The van der Waals surface area contributed by atoms with Crippen molar-refractivity contribution in [1.82, 2.24) is 14.9 Å². The van der Waals surface area contributed by atoms with Gasteiger partial charge in [0.25, 0.3) is 0 Å². The highest BCUT2D eigenvalue weighted by atomic mass is 35.5. The molecule has 6 rings (SSSR count). The van der Waals surface area contributed by atoms with Crippen molar-refractivity contribution in [3.05, 3.63) is 64.3 Å². The van der Waals surface area contributed by atoms with Crippen LogP contribution in [0.25, 0.3) is 0 Å². The van der Waals surface area contributed by atoms with E-state index in [4.69, 9.17) is 28.2 Å². The van der Waals surface area contributed by atoms with Gasteiger partial charge in [-0.15, -0.1) is 0 Å². The third-order valence-electron chi connectivity index (χ3n) is 7.54. The van der Waals surface area contributed by atoms with Gasteiger partial charge in [-0.05, 0) is 56.3 Å². The molecule has 3 aliphatic rings. The minimum atomic E-state index is 0.588. The Morgan fingerprint density at radius 2 is 1.60 bits per heavy atom. The lowest BCUT2D eigenvalue weighted by Crippen LogP contribution is -2.51. The number of rotatable bonds is 4. The molecule has 182 valence electrons. The molecule has 2 bridgehead atoms. The highest BCUT2D eigenvalue weighted by molar-refractivity contribution is 6.39. The van der Waals surface area contributed by atoms with E-state index < -0.39 is 0 Å². The topological polar surface area (TPSA) is 50.8 Å². The highest BCUT2D eigenvalue weighted by Crippen LogP contribution is 2.38. The Labute approximate surface area is 216 Å². The molecule has 2 saturated heterocycles. The summed E-state index contributed by atoms with van der Waals surface area (Å²) in [5, 5.41) is 4.65. The van der Waals surface area contributed by atoms with Crippen LogP contribution in [0.4, 0.5) is 28.8 Å². The average Bonchev–Trinajstić information content (AvgIpc) is 3.04. The molecule has 7 nitrogen and oxygen atoms in total. The van der Waals surface area contributed by atoms with Crippen LogP contribution in [0.3, 0.4) is 0 Å². The molecule has 2 aromatic carbocycles.